The Morgan fingerprint density at radius 3 is 2.59 bits per heavy atom. The van der Waals surface area contributed by atoms with Gasteiger partial charge in [0.05, 0.1) is 30.3 Å². The van der Waals surface area contributed by atoms with Crippen molar-refractivity contribution in [2.45, 2.75) is 50.4 Å². The average molecular weight is 482 g/mol. The average Bonchev–Trinajstić information content (AvgIpc) is 2.83. The van der Waals surface area contributed by atoms with Crippen LogP contribution < -0.4 is 15.5 Å². The molecule has 34 heavy (non-hydrogen) atoms. The number of hydrogen-bond donors (Lipinski definition) is 2. The normalized spacial score (nSPS) is 19.4. The van der Waals surface area contributed by atoms with Crippen molar-refractivity contribution in [3.63, 3.8) is 0 Å². The number of piperazine rings is 1. The van der Waals surface area contributed by atoms with Crippen LogP contribution in [0.2, 0.25) is 0 Å². The quantitative estimate of drug-likeness (QED) is 0.609. The van der Waals surface area contributed by atoms with Gasteiger partial charge in [-0.15, -0.1) is 0 Å². The minimum Gasteiger partial charge on any atom is -0.383 e. The number of ether oxygens (including phenoxy) is 1. The molecule has 1 saturated carbocycles. The van der Waals surface area contributed by atoms with E-state index in [0.29, 0.717) is 0 Å². The first kappa shape index (κ1) is 25.6. The van der Waals surface area contributed by atoms with Gasteiger partial charge in [-0.05, 0) is 31.0 Å². The molecular formula is C23H30F3N5O3. The Morgan fingerprint density at radius 1 is 1.21 bits per heavy atom. The van der Waals surface area contributed by atoms with Gasteiger partial charge in [-0.1, -0.05) is 19.3 Å². The number of carbonyl (C=O) groups is 2. The summed E-state index contributed by atoms with van der Waals surface area (Å²) in [4.78, 5) is 28.9. The Kier molecular flexibility index (Phi) is 8.61. The molecule has 2 aliphatic rings. The van der Waals surface area contributed by atoms with Crippen LogP contribution in [0.25, 0.3) is 0 Å². The predicted molar refractivity (Wildman–Crippen MR) is 119 cm³/mol. The highest BCUT2D eigenvalue weighted by atomic mass is 19.4. The lowest BCUT2D eigenvalue weighted by Crippen LogP contribution is -2.62. The molecule has 1 aliphatic carbocycles. The summed E-state index contributed by atoms with van der Waals surface area (Å²) in [6.07, 6.45) is 0.390. The highest BCUT2D eigenvalue weighted by Gasteiger charge is 2.38. The largest absolute Gasteiger partial charge is 0.417 e. The second-order valence-electron chi connectivity index (χ2n) is 8.56. The van der Waals surface area contributed by atoms with E-state index in [0.717, 1.165) is 44.2 Å². The van der Waals surface area contributed by atoms with Crippen molar-refractivity contribution >= 4 is 17.6 Å². The fourth-order valence-electron chi connectivity index (χ4n) is 4.45. The zero-order valence-electron chi connectivity index (χ0n) is 19.2. The summed E-state index contributed by atoms with van der Waals surface area (Å²) < 4.78 is 45.5. The van der Waals surface area contributed by atoms with E-state index in [1.807, 2.05) is 0 Å². The van der Waals surface area contributed by atoms with Crippen molar-refractivity contribution in [3.05, 3.63) is 29.3 Å². The molecule has 1 unspecified atom stereocenters. The number of halogens is 3. The molecule has 1 aromatic carbocycles. The maximum absolute atomic E-state index is 13.5. The number of amides is 3. The van der Waals surface area contributed by atoms with Gasteiger partial charge in [0.25, 0.3) is 0 Å². The third kappa shape index (κ3) is 6.32. The van der Waals surface area contributed by atoms with Gasteiger partial charge in [0.1, 0.15) is 6.04 Å². The Labute approximate surface area is 197 Å². The standard InChI is InChI=1S/C23H30F3N5O3/c1-34-12-9-28-21(32)20-15-30(22(33)29-17-5-3-2-4-6-17)10-11-31(20)18-8-7-16(14-27)19(13-18)23(24,25)26/h7-8,13,17,20H,2-6,9-12,15H2,1H3,(H,28,32)(H,29,33). The van der Waals surface area contributed by atoms with Gasteiger partial charge in [0.2, 0.25) is 5.91 Å². The molecule has 2 N–H and O–H groups in total. The summed E-state index contributed by atoms with van der Waals surface area (Å²) in [6, 6.07) is 3.92. The minimum atomic E-state index is -4.71. The van der Waals surface area contributed by atoms with E-state index in [-0.39, 0.29) is 50.5 Å². The molecule has 11 heteroatoms. The van der Waals surface area contributed by atoms with Crippen LogP contribution in [0.5, 0.6) is 0 Å². The Balaban J connectivity index is 1.81. The Morgan fingerprint density at radius 2 is 1.94 bits per heavy atom. The number of anilines is 1. The number of nitriles is 1. The van der Waals surface area contributed by atoms with E-state index >= 15 is 0 Å². The molecule has 1 aliphatic heterocycles. The van der Waals surface area contributed by atoms with Gasteiger partial charge in [0.15, 0.2) is 0 Å². The van der Waals surface area contributed by atoms with E-state index in [4.69, 9.17) is 10.00 Å². The molecule has 186 valence electrons. The molecule has 1 aromatic rings. The number of hydrogen-bond acceptors (Lipinski definition) is 5. The molecule has 0 radical (unpaired) electrons. The maximum atomic E-state index is 13.5. The number of alkyl halides is 3. The second kappa shape index (κ2) is 11.4. The first-order chi connectivity index (χ1) is 16.2. The SMILES string of the molecule is COCCNC(=O)C1CN(C(=O)NC2CCCCC2)CCN1c1ccc(C#N)c(C(F)(F)F)c1. The molecule has 3 amide bonds. The van der Waals surface area contributed by atoms with Gasteiger partial charge in [-0.25, -0.2) is 4.79 Å². The molecule has 1 saturated heterocycles. The number of rotatable bonds is 6. The monoisotopic (exact) mass is 481 g/mol. The van der Waals surface area contributed by atoms with Crippen molar-refractivity contribution in [2.75, 3.05) is 44.8 Å². The number of methoxy groups -OCH3 is 1. The fraction of sp³-hybridized carbons (Fsp3) is 0.609. The van der Waals surface area contributed by atoms with E-state index < -0.39 is 29.3 Å². The maximum Gasteiger partial charge on any atom is 0.417 e. The number of nitrogens with zero attached hydrogens (tertiary/aromatic N) is 3. The number of carbonyl (C=O) groups excluding carboxylic acids is 2. The third-order valence-corrected chi connectivity index (χ3v) is 6.27. The molecule has 3 rings (SSSR count). The molecule has 0 bridgehead atoms. The van der Waals surface area contributed by atoms with Crippen molar-refractivity contribution in [2.24, 2.45) is 0 Å². The summed E-state index contributed by atoms with van der Waals surface area (Å²) >= 11 is 0. The van der Waals surface area contributed by atoms with E-state index in [9.17, 15) is 22.8 Å². The van der Waals surface area contributed by atoms with Crippen LogP contribution in [0.1, 0.15) is 43.2 Å². The number of benzene rings is 1. The molecule has 8 nitrogen and oxygen atoms in total. The molecular weight excluding hydrogens is 451 g/mol. The zero-order chi connectivity index (χ0) is 24.7. The Bertz CT molecular complexity index is 912. The molecule has 0 aromatic heterocycles. The zero-order valence-corrected chi connectivity index (χ0v) is 19.2. The summed E-state index contributed by atoms with van der Waals surface area (Å²) in [5.74, 6) is -0.412. The lowest BCUT2D eigenvalue weighted by molar-refractivity contribution is -0.137. The van der Waals surface area contributed by atoms with Crippen LogP contribution >= 0.6 is 0 Å². The second-order valence-corrected chi connectivity index (χ2v) is 8.56. The summed E-state index contributed by atoms with van der Waals surface area (Å²) in [5.41, 5.74) is -1.36. The summed E-state index contributed by atoms with van der Waals surface area (Å²) in [7, 11) is 1.49. The fourth-order valence-corrected chi connectivity index (χ4v) is 4.45. The van der Waals surface area contributed by atoms with Gasteiger partial charge in [-0.3, -0.25) is 4.79 Å². The Hall–Kier alpha value is -3.00. The van der Waals surface area contributed by atoms with Crippen LogP contribution in [0.15, 0.2) is 18.2 Å². The van der Waals surface area contributed by atoms with Crippen molar-refractivity contribution in [1.29, 1.82) is 5.26 Å². The van der Waals surface area contributed by atoms with Crippen LogP contribution in [-0.4, -0.2) is 68.8 Å². The van der Waals surface area contributed by atoms with E-state index in [2.05, 4.69) is 10.6 Å². The van der Waals surface area contributed by atoms with Gasteiger partial charge >= 0.3 is 12.2 Å². The number of urea groups is 1. The van der Waals surface area contributed by atoms with Crippen molar-refractivity contribution in [3.8, 4) is 6.07 Å². The first-order valence-corrected chi connectivity index (χ1v) is 11.4. The van der Waals surface area contributed by atoms with Crippen molar-refractivity contribution < 1.29 is 27.5 Å². The van der Waals surface area contributed by atoms with Gasteiger partial charge < -0.3 is 25.2 Å². The highest BCUT2D eigenvalue weighted by Crippen LogP contribution is 2.35. The molecule has 1 heterocycles. The van der Waals surface area contributed by atoms with Crippen LogP contribution in [0, 0.1) is 11.3 Å². The van der Waals surface area contributed by atoms with Gasteiger partial charge in [0, 0.05) is 38.5 Å². The van der Waals surface area contributed by atoms with E-state index in [1.54, 1.807) is 15.9 Å². The van der Waals surface area contributed by atoms with Gasteiger partial charge in [-0.2, -0.15) is 18.4 Å². The number of nitrogens with one attached hydrogen (secondary N) is 2. The predicted octanol–water partition coefficient (Wildman–Crippen LogP) is 2.87. The lowest BCUT2D eigenvalue weighted by atomic mass is 9.96. The van der Waals surface area contributed by atoms with Crippen molar-refractivity contribution in [1.82, 2.24) is 15.5 Å². The molecule has 1 atom stereocenters. The minimum absolute atomic E-state index is 0.0265. The van der Waals surface area contributed by atoms with Crippen LogP contribution in [0.3, 0.4) is 0 Å². The first-order valence-electron chi connectivity index (χ1n) is 11.4. The van der Waals surface area contributed by atoms with E-state index in [1.165, 1.54) is 13.2 Å². The third-order valence-electron chi connectivity index (χ3n) is 6.27. The highest BCUT2D eigenvalue weighted by molar-refractivity contribution is 5.87. The lowest BCUT2D eigenvalue weighted by Gasteiger charge is -2.42. The smallest absolute Gasteiger partial charge is 0.383 e. The summed E-state index contributed by atoms with van der Waals surface area (Å²) in [6.45, 7) is 0.957. The van der Waals surface area contributed by atoms with Crippen LogP contribution in [0.4, 0.5) is 23.7 Å². The topological polar surface area (TPSA) is 97.7 Å². The molecule has 0 spiro atoms. The summed E-state index contributed by atoms with van der Waals surface area (Å²) in [5, 5.41) is 14.8. The molecule has 2 fully saturated rings. The van der Waals surface area contributed by atoms with Crippen LogP contribution in [-0.2, 0) is 15.7 Å².